The molecule has 0 spiro atoms. The lowest BCUT2D eigenvalue weighted by Gasteiger charge is -2.08. The van der Waals surface area contributed by atoms with E-state index in [2.05, 4.69) is 45.1 Å². The summed E-state index contributed by atoms with van der Waals surface area (Å²) in [5.74, 6) is 0. The van der Waals surface area contributed by atoms with Gasteiger partial charge in [-0.25, -0.2) is 4.98 Å². The first-order chi connectivity index (χ1) is 8.40. The first kappa shape index (κ1) is 11.9. The maximum atomic E-state index is 4.00. The lowest BCUT2D eigenvalue weighted by atomic mass is 10.3. The number of imidazole rings is 1. The van der Waals surface area contributed by atoms with Crippen LogP contribution in [0.4, 0.5) is 0 Å². The fraction of sp³-hybridized carbons (Fsp3) is 0.462. The van der Waals surface area contributed by atoms with Crippen molar-refractivity contribution >= 4 is 0 Å². The molecule has 2 heterocycles. The summed E-state index contributed by atoms with van der Waals surface area (Å²) < 4.78 is 2.31. The van der Waals surface area contributed by atoms with Crippen LogP contribution in [0.15, 0.2) is 30.9 Å². The van der Waals surface area contributed by atoms with Crippen LogP contribution >= 0.6 is 0 Å². The number of nitrogens with one attached hydrogen (secondary N) is 2. The van der Waals surface area contributed by atoms with Crippen LogP contribution in [0.1, 0.15) is 24.7 Å². The largest absolute Gasteiger partial charge is 0.350 e. The number of rotatable bonds is 7. The Labute approximate surface area is 102 Å². The van der Waals surface area contributed by atoms with E-state index in [0.717, 1.165) is 26.1 Å². The molecule has 0 aliphatic carbocycles. The lowest BCUT2D eigenvalue weighted by molar-refractivity contribution is 0.601. The van der Waals surface area contributed by atoms with Crippen molar-refractivity contribution in [3.8, 4) is 0 Å². The molecule has 4 nitrogen and oxygen atoms in total. The molecule has 0 saturated heterocycles. The Morgan fingerprint density at radius 2 is 2.41 bits per heavy atom. The third-order valence-corrected chi connectivity index (χ3v) is 2.82. The van der Waals surface area contributed by atoms with Gasteiger partial charge in [0.15, 0.2) is 0 Å². The van der Waals surface area contributed by atoms with Gasteiger partial charge in [-0.3, -0.25) is 0 Å². The number of aromatic nitrogens is 3. The molecule has 0 aromatic carbocycles. The van der Waals surface area contributed by atoms with Gasteiger partial charge in [-0.2, -0.15) is 0 Å². The molecule has 0 atom stereocenters. The van der Waals surface area contributed by atoms with Gasteiger partial charge in [-0.1, -0.05) is 6.92 Å². The summed E-state index contributed by atoms with van der Waals surface area (Å²) in [7, 11) is 0. The Kier molecular flexibility index (Phi) is 4.38. The zero-order valence-corrected chi connectivity index (χ0v) is 10.3. The van der Waals surface area contributed by atoms with Crippen LogP contribution in [0.25, 0.3) is 0 Å². The molecule has 0 aliphatic rings. The zero-order chi connectivity index (χ0) is 11.9. The minimum Gasteiger partial charge on any atom is -0.350 e. The summed E-state index contributed by atoms with van der Waals surface area (Å²) in [5, 5.41) is 3.46. The van der Waals surface area contributed by atoms with Gasteiger partial charge in [-0.15, -0.1) is 0 Å². The third-order valence-electron chi connectivity index (χ3n) is 2.82. The van der Waals surface area contributed by atoms with E-state index in [9.17, 15) is 0 Å². The van der Waals surface area contributed by atoms with Crippen molar-refractivity contribution in [2.75, 3.05) is 6.54 Å². The van der Waals surface area contributed by atoms with E-state index in [1.54, 1.807) is 6.33 Å². The molecular formula is C13H20N4. The van der Waals surface area contributed by atoms with Crippen molar-refractivity contribution in [2.45, 2.75) is 32.9 Å². The molecular weight excluding hydrogens is 212 g/mol. The SMILES string of the molecule is CCCn1cccc1CNCCc1cnc[nH]1. The van der Waals surface area contributed by atoms with Crippen LogP contribution in [-0.2, 0) is 19.5 Å². The number of nitrogens with zero attached hydrogens (tertiary/aromatic N) is 2. The molecule has 92 valence electrons. The molecule has 0 aliphatic heterocycles. The number of H-pyrrole nitrogens is 1. The van der Waals surface area contributed by atoms with Crippen molar-refractivity contribution < 1.29 is 0 Å². The quantitative estimate of drug-likeness (QED) is 0.717. The molecule has 0 amide bonds. The normalized spacial score (nSPS) is 10.9. The molecule has 0 saturated carbocycles. The molecule has 0 radical (unpaired) electrons. The molecule has 0 fully saturated rings. The Bertz CT molecular complexity index is 416. The standard InChI is InChI=1S/C13H20N4/c1-2-7-17-8-3-4-13(17)10-14-6-5-12-9-15-11-16-12/h3-4,8-9,11,14H,2,5-7,10H2,1H3,(H,15,16). The molecule has 2 aromatic rings. The van der Waals surface area contributed by atoms with Crippen molar-refractivity contribution in [3.63, 3.8) is 0 Å². The smallest absolute Gasteiger partial charge is 0.0921 e. The number of hydrogen-bond acceptors (Lipinski definition) is 2. The topological polar surface area (TPSA) is 45.6 Å². The number of aryl methyl sites for hydroxylation is 1. The number of aromatic amines is 1. The highest BCUT2D eigenvalue weighted by Gasteiger charge is 1.99. The summed E-state index contributed by atoms with van der Waals surface area (Å²) in [4.78, 5) is 7.11. The van der Waals surface area contributed by atoms with Crippen molar-refractivity contribution in [2.24, 2.45) is 0 Å². The van der Waals surface area contributed by atoms with Gasteiger partial charge in [0.25, 0.3) is 0 Å². The highest BCUT2D eigenvalue weighted by atomic mass is 15.0. The second-order valence-corrected chi connectivity index (χ2v) is 4.20. The van der Waals surface area contributed by atoms with E-state index in [-0.39, 0.29) is 0 Å². The van der Waals surface area contributed by atoms with Gasteiger partial charge in [0.1, 0.15) is 0 Å². The van der Waals surface area contributed by atoms with E-state index < -0.39 is 0 Å². The lowest BCUT2D eigenvalue weighted by Crippen LogP contribution is -2.19. The molecule has 4 heteroatoms. The maximum absolute atomic E-state index is 4.00. The van der Waals surface area contributed by atoms with E-state index in [1.807, 2.05) is 6.20 Å². The highest BCUT2D eigenvalue weighted by Crippen LogP contribution is 2.03. The van der Waals surface area contributed by atoms with E-state index in [1.165, 1.54) is 17.8 Å². The van der Waals surface area contributed by atoms with Crippen LogP contribution in [-0.4, -0.2) is 21.1 Å². The summed E-state index contributed by atoms with van der Waals surface area (Å²) in [6, 6.07) is 4.29. The van der Waals surface area contributed by atoms with E-state index >= 15 is 0 Å². The minimum absolute atomic E-state index is 0.932. The Morgan fingerprint density at radius 3 is 3.18 bits per heavy atom. The summed E-state index contributed by atoms with van der Waals surface area (Å²) >= 11 is 0. The summed E-state index contributed by atoms with van der Waals surface area (Å²) in [6.45, 7) is 5.21. The van der Waals surface area contributed by atoms with Gasteiger partial charge in [0, 0.05) is 49.8 Å². The van der Waals surface area contributed by atoms with Gasteiger partial charge >= 0.3 is 0 Å². The van der Waals surface area contributed by atoms with Crippen molar-refractivity contribution in [3.05, 3.63) is 42.2 Å². The molecule has 0 bridgehead atoms. The molecule has 2 aromatic heterocycles. The minimum atomic E-state index is 0.932. The zero-order valence-electron chi connectivity index (χ0n) is 10.3. The average Bonchev–Trinajstić information content (AvgIpc) is 2.96. The highest BCUT2D eigenvalue weighted by molar-refractivity contribution is 5.07. The van der Waals surface area contributed by atoms with Gasteiger partial charge in [0.2, 0.25) is 0 Å². The maximum Gasteiger partial charge on any atom is 0.0921 e. The fourth-order valence-corrected chi connectivity index (χ4v) is 1.93. The van der Waals surface area contributed by atoms with E-state index in [4.69, 9.17) is 0 Å². The summed E-state index contributed by atoms with van der Waals surface area (Å²) in [5.41, 5.74) is 2.54. The molecule has 2 rings (SSSR count). The van der Waals surface area contributed by atoms with Gasteiger partial charge in [0.05, 0.1) is 6.33 Å². The Balaban J connectivity index is 1.72. The van der Waals surface area contributed by atoms with Crippen LogP contribution < -0.4 is 5.32 Å². The van der Waals surface area contributed by atoms with Crippen molar-refractivity contribution in [1.29, 1.82) is 0 Å². The first-order valence-electron chi connectivity index (χ1n) is 6.22. The van der Waals surface area contributed by atoms with Gasteiger partial charge < -0.3 is 14.9 Å². The van der Waals surface area contributed by atoms with Crippen molar-refractivity contribution in [1.82, 2.24) is 19.9 Å². The Morgan fingerprint density at radius 1 is 1.47 bits per heavy atom. The van der Waals surface area contributed by atoms with Crippen LogP contribution in [0.3, 0.4) is 0 Å². The molecule has 0 unspecified atom stereocenters. The fourth-order valence-electron chi connectivity index (χ4n) is 1.93. The molecule has 2 N–H and O–H groups in total. The predicted molar refractivity (Wildman–Crippen MR) is 68.7 cm³/mol. The monoisotopic (exact) mass is 232 g/mol. The number of hydrogen-bond donors (Lipinski definition) is 2. The molecule has 17 heavy (non-hydrogen) atoms. The second-order valence-electron chi connectivity index (χ2n) is 4.20. The second kappa shape index (κ2) is 6.25. The van der Waals surface area contributed by atoms with E-state index in [0.29, 0.717) is 0 Å². The van der Waals surface area contributed by atoms with Gasteiger partial charge in [-0.05, 0) is 18.6 Å². The Hall–Kier alpha value is -1.55. The average molecular weight is 232 g/mol. The third kappa shape index (κ3) is 3.46. The summed E-state index contributed by atoms with van der Waals surface area (Å²) in [6.07, 6.45) is 7.92. The predicted octanol–water partition coefficient (Wildman–Crippen LogP) is 1.95. The first-order valence-corrected chi connectivity index (χ1v) is 6.22. The van der Waals surface area contributed by atoms with Crippen LogP contribution in [0.5, 0.6) is 0 Å². The van der Waals surface area contributed by atoms with Crippen LogP contribution in [0, 0.1) is 0 Å². The van der Waals surface area contributed by atoms with Crippen LogP contribution in [0.2, 0.25) is 0 Å².